The molecule has 0 amide bonds. The van der Waals surface area contributed by atoms with Crippen molar-refractivity contribution in [2.45, 2.75) is 50.8 Å². The summed E-state index contributed by atoms with van der Waals surface area (Å²) in [6.07, 6.45) is 0.656. The molecule has 1 atom stereocenters. The van der Waals surface area contributed by atoms with Crippen LogP contribution in [0.15, 0.2) is 0 Å². The molecule has 1 rings (SSSR count). The fourth-order valence-electron chi connectivity index (χ4n) is 1.77. The quantitative estimate of drug-likeness (QED) is 0.540. The Hall–Kier alpha value is -0.780. The Bertz CT molecular complexity index is 235. The van der Waals surface area contributed by atoms with E-state index in [0.29, 0.717) is 12.5 Å². The Morgan fingerprint density at radius 3 is 2.65 bits per heavy atom. The standard InChI is InChI=1S/C11H17F3O3/c12-11(13,14)10(15)17-7-3-1-2-5-9-6-4-8-16-9/h9H,1-8H2. The van der Waals surface area contributed by atoms with Crippen molar-refractivity contribution in [1.29, 1.82) is 0 Å². The summed E-state index contributed by atoms with van der Waals surface area (Å²) in [6, 6.07) is 0. The molecule has 6 heteroatoms. The fourth-order valence-corrected chi connectivity index (χ4v) is 1.77. The molecule has 1 saturated heterocycles. The summed E-state index contributed by atoms with van der Waals surface area (Å²) in [6.45, 7) is 0.651. The fraction of sp³-hybridized carbons (Fsp3) is 0.909. The highest BCUT2D eigenvalue weighted by molar-refractivity contribution is 5.75. The molecule has 1 aliphatic heterocycles. The summed E-state index contributed by atoms with van der Waals surface area (Å²) in [5, 5.41) is 0. The molecule has 0 aliphatic carbocycles. The third kappa shape index (κ3) is 5.91. The van der Waals surface area contributed by atoms with Crippen LogP contribution < -0.4 is 0 Å². The second-order valence-electron chi connectivity index (χ2n) is 4.12. The predicted molar refractivity (Wildman–Crippen MR) is 54.5 cm³/mol. The van der Waals surface area contributed by atoms with Gasteiger partial charge in [0, 0.05) is 6.61 Å². The number of carbonyl (C=O) groups excluding carboxylic acids is 1. The van der Waals surface area contributed by atoms with Crippen LogP contribution in [0.3, 0.4) is 0 Å². The van der Waals surface area contributed by atoms with Crippen molar-refractivity contribution in [3.63, 3.8) is 0 Å². The Labute approximate surface area is 98.3 Å². The van der Waals surface area contributed by atoms with Crippen LogP contribution in [-0.4, -0.2) is 31.5 Å². The lowest BCUT2D eigenvalue weighted by Gasteiger charge is -2.09. The Balaban J connectivity index is 1.92. The molecule has 0 aromatic carbocycles. The first-order chi connectivity index (χ1) is 8.00. The van der Waals surface area contributed by atoms with Gasteiger partial charge in [0.2, 0.25) is 0 Å². The van der Waals surface area contributed by atoms with Gasteiger partial charge in [-0.05, 0) is 32.1 Å². The number of hydrogen-bond donors (Lipinski definition) is 0. The Kier molecular flexibility index (Phi) is 5.74. The maximum absolute atomic E-state index is 11.7. The van der Waals surface area contributed by atoms with Gasteiger partial charge in [-0.25, -0.2) is 4.79 Å². The summed E-state index contributed by atoms with van der Waals surface area (Å²) in [5.74, 6) is -2.10. The molecule has 0 N–H and O–H groups in total. The SMILES string of the molecule is O=C(OCCCCCC1CCCO1)C(F)(F)F. The van der Waals surface area contributed by atoms with Crippen molar-refractivity contribution in [2.75, 3.05) is 13.2 Å². The summed E-state index contributed by atoms with van der Waals surface area (Å²) < 4.78 is 44.7. The van der Waals surface area contributed by atoms with Crippen LogP contribution in [0, 0.1) is 0 Å². The number of halogens is 3. The summed E-state index contributed by atoms with van der Waals surface area (Å²) >= 11 is 0. The summed E-state index contributed by atoms with van der Waals surface area (Å²) in [5.41, 5.74) is 0. The van der Waals surface area contributed by atoms with Gasteiger partial charge in [-0.15, -0.1) is 0 Å². The minimum atomic E-state index is -4.88. The molecule has 0 aromatic heterocycles. The minimum absolute atomic E-state index is 0.163. The maximum atomic E-state index is 11.7. The molecule has 100 valence electrons. The van der Waals surface area contributed by atoms with E-state index in [0.717, 1.165) is 38.7 Å². The molecular weight excluding hydrogens is 237 g/mol. The van der Waals surface area contributed by atoms with Crippen LogP contribution in [0.25, 0.3) is 0 Å². The van der Waals surface area contributed by atoms with Gasteiger partial charge in [-0.1, -0.05) is 6.42 Å². The third-order valence-electron chi connectivity index (χ3n) is 2.66. The number of unbranched alkanes of at least 4 members (excludes halogenated alkanes) is 2. The summed E-state index contributed by atoms with van der Waals surface area (Å²) in [4.78, 5) is 10.3. The van der Waals surface area contributed by atoms with E-state index in [1.807, 2.05) is 0 Å². The Morgan fingerprint density at radius 1 is 1.29 bits per heavy atom. The lowest BCUT2D eigenvalue weighted by Crippen LogP contribution is -2.25. The second-order valence-corrected chi connectivity index (χ2v) is 4.12. The van der Waals surface area contributed by atoms with Gasteiger partial charge >= 0.3 is 12.1 Å². The van der Waals surface area contributed by atoms with Gasteiger partial charge in [-0.3, -0.25) is 0 Å². The average Bonchev–Trinajstić information content (AvgIpc) is 2.74. The molecule has 17 heavy (non-hydrogen) atoms. The number of alkyl halides is 3. The van der Waals surface area contributed by atoms with E-state index in [4.69, 9.17) is 4.74 Å². The van der Waals surface area contributed by atoms with Gasteiger partial charge in [0.15, 0.2) is 0 Å². The average molecular weight is 254 g/mol. The molecule has 0 spiro atoms. The lowest BCUT2D eigenvalue weighted by atomic mass is 10.1. The van der Waals surface area contributed by atoms with Crippen molar-refractivity contribution < 1.29 is 27.4 Å². The molecule has 0 radical (unpaired) electrons. The zero-order chi connectivity index (χ0) is 12.7. The van der Waals surface area contributed by atoms with E-state index >= 15 is 0 Å². The van der Waals surface area contributed by atoms with Crippen molar-refractivity contribution in [2.24, 2.45) is 0 Å². The van der Waals surface area contributed by atoms with Crippen LogP contribution in [-0.2, 0) is 14.3 Å². The van der Waals surface area contributed by atoms with E-state index in [1.165, 1.54) is 0 Å². The first-order valence-electron chi connectivity index (χ1n) is 5.85. The molecule has 1 aliphatic rings. The van der Waals surface area contributed by atoms with Gasteiger partial charge in [0.1, 0.15) is 0 Å². The monoisotopic (exact) mass is 254 g/mol. The van der Waals surface area contributed by atoms with Crippen molar-refractivity contribution >= 4 is 5.97 Å². The number of ether oxygens (including phenoxy) is 2. The minimum Gasteiger partial charge on any atom is -0.459 e. The van der Waals surface area contributed by atoms with Crippen molar-refractivity contribution in [3.8, 4) is 0 Å². The van der Waals surface area contributed by atoms with E-state index in [-0.39, 0.29) is 6.61 Å². The van der Waals surface area contributed by atoms with E-state index in [1.54, 1.807) is 0 Å². The highest BCUT2D eigenvalue weighted by Crippen LogP contribution is 2.19. The van der Waals surface area contributed by atoms with Crippen LogP contribution in [0.5, 0.6) is 0 Å². The number of esters is 1. The second kappa shape index (κ2) is 6.83. The third-order valence-corrected chi connectivity index (χ3v) is 2.66. The van der Waals surface area contributed by atoms with E-state index < -0.39 is 12.1 Å². The Morgan fingerprint density at radius 2 is 2.06 bits per heavy atom. The first-order valence-corrected chi connectivity index (χ1v) is 5.85. The van der Waals surface area contributed by atoms with Gasteiger partial charge in [0.25, 0.3) is 0 Å². The van der Waals surface area contributed by atoms with Crippen molar-refractivity contribution in [1.82, 2.24) is 0 Å². The van der Waals surface area contributed by atoms with Gasteiger partial charge in [-0.2, -0.15) is 13.2 Å². The largest absolute Gasteiger partial charge is 0.490 e. The van der Waals surface area contributed by atoms with E-state index in [2.05, 4.69) is 4.74 Å². The van der Waals surface area contributed by atoms with Crippen LogP contribution in [0.4, 0.5) is 13.2 Å². The summed E-state index contributed by atoms with van der Waals surface area (Å²) in [7, 11) is 0. The molecule has 3 nitrogen and oxygen atoms in total. The normalized spacial score (nSPS) is 20.5. The maximum Gasteiger partial charge on any atom is 0.490 e. The lowest BCUT2D eigenvalue weighted by molar-refractivity contribution is -0.199. The number of hydrogen-bond acceptors (Lipinski definition) is 3. The van der Waals surface area contributed by atoms with Crippen LogP contribution in [0.1, 0.15) is 38.5 Å². The van der Waals surface area contributed by atoms with Gasteiger partial charge < -0.3 is 9.47 Å². The van der Waals surface area contributed by atoms with Gasteiger partial charge in [0.05, 0.1) is 12.7 Å². The molecular formula is C11H17F3O3. The highest BCUT2D eigenvalue weighted by atomic mass is 19.4. The molecule has 1 unspecified atom stereocenters. The van der Waals surface area contributed by atoms with Crippen LogP contribution in [0.2, 0.25) is 0 Å². The molecule has 0 saturated carbocycles. The zero-order valence-electron chi connectivity index (χ0n) is 9.59. The van der Waals surface area contributed by atoms with Crippen LogP contribution >= 0.6 is 0 Å². The van der Waals surface area contributed by atoms with E-state index in [9.17, 15) is 18.0 Å². The smallest absolute Gasteiger partial charge is 0.459 e. The number of rotatable bonds is 6. The van der Waals surface area contributed by atoms with Crippen molar-refractivity contribution in [3.05, 3.63) is 0 Å². The zero-order valence-corrected chi connectivity index (χ0v) is 9.59. The first kappa shape index (κ1) is 14.3. The number of carbonyl (C=O) groups is 1. The molecule has 1 heterocycles. The topological polar surface area (TPSA) is 35.5 Å². The molecule has 0 aromatic rings. The predicted octanol–water partition coefficient (Wildman–Crippen LogP) is 2.83. The molecule has 1 fully saturated rings. The highest BCUT2D eigenvalue weighted by Gasteiger charge is 2.40. The molecule has 0 bridgehead atoms.